The number of methoxy groups -OCH3 is 1. The summed E-state index contributed by atoms with van der Waals surface area (Å²) in [5, 5.41) is 8.97. The third kappa shape index (κ3) is 5.06. The molecule has 6 nitrogen and oxygen atoms in total. The number of rotatable bonds is 8. The van der Waals surface area contributed by atoms with E-state index in [0.717, 1.165) is 12.5 Å². The van der Waals surface area contributed by atoms with Gasteiger partial charge in [0.15, 0.2) is 0 Å². The molecule has 1 unspecified atom stereocenters. The molecule has 1 rings (SSSR count). The second-order valence-corrected chi connectivity index (χ2v) is 7.05. The molecule has 0 saturated heterocycles. The monoisotopic (exact) mass is 379 g/mol. The molecular weight excluding hydrogens is 362 g/mol. The van der Waals surface area contributed by atoms with E-state index in [1.807, 2.05) is 6.92 Å². The highest BCUT2D eigenvalue weighted by atomic mass is 79.9. The first kappa shape index (κ1) is 18.1. The number of hydrogen-bond acceptors (Lipinski definition) is 4. The minimum absolute atomic E-state index is 0.0858. The zero-order chi connectivity index (χ0) is 16.0. The summed E-state index contributed by atoms with van der Waals surface area (Å²) in [7, 11) is -2.33. The van der Waals surface area contributed by atoms with Crippen molar-refractivity contribution < 1.29 is 23.1 Å². The van der Waals surface area contributed by atoms with Gasteiger partial charge in [-0.15, -0.1) is 0 Å². The van der Waals surface area contributed by atoms with Crippen molar-refractivity contribution in [1.82, 2.24) is 4.72 Å². The normalized spacial score (nSPS) is 13.1. The maximum absolute atomic E-state index is 12.4. The summed E-state index contributed by atoms with van der Waals surface area (Å²) in [5.74, 6) is -1.18. The third-order valence-corrected chi connectivity index (χ3v) is 5.31. The van der Waals surface area contributed by atoms with Crippen LogP contribution in [0.15, 0.2) is 27.6 Å². The van der Waals surface area contributed by atoms with Crippen LogP contribution in [0.25, 0.3) is 0 Å². The molecule has 2 N–H and O–H groups in total. The Kier molecular flexibility index (Phi) is 6.79. The standard InChI is InChI=1S/C13H18BrNO5S/c1-3-4-10(8-20-2)15-21(18,19)12-7-9(13(16)17)5-6-11(12)14/h5-7,10,15H,3-4,8H2,1-2H3,(H,16,17). The average Bonchev–Trinajstić information content (AvgIpc) is 2.38. The third-order valence-electron chi connectivity index (χ3n) is 2.79. The largest absolute Gasteiger partial charge is 0.478 e. The summed E-state index contributed by atoms with van der Waals surface area (Å²) >= 11 is 3.14. The molecule has 1 atom stereocenters. The van der Waals surface area contributed by atoms with Gasteiger partial charge in [0.05, 0.1) is 17.1 Å². The van der Waals surface area contributed by atoms with Crippen LogP contribution in [-0.2, 0) is 14.8 Å². The number of aromatic carboxylic acids is 1. The Morgan fingerprint density at radius 1 is 1.48 bits per heavy atom. The first-order valence-electron chi connectivity index (χ1n) is 6.36. The Hall–Kier alpha value is -0.960. The lowest BCUT2D eigenvalue weighted by Crippen LogP contribution is -2.38. The van der Waals surface area contributed by atoms with E-state index in [2.05, 4.69) is 20.7 Å². The number of sulfonamides is 1. The Labute approximate surface area is 132 Å². The second-order valence-electron chi connectivity index (χ2n) is 4.51. The van der Waals surface area contributed by atoms with Gasteiger partial charge >= 0.3 is 5.97 Å². The molecule has 1 aromatic rings. The fourth-order valence-corrected chi connectivity index (χ4v) is 4.10. The lowest BCUT2D eigenvalue weighted by molar-refractivity contribution is 0.0696. The molecule has 21 heavy (non-hydrogen) atoms. The molecule has 0 heterocycles. The van der Waals surface area contributed by atoms with E-state index in [-0.39, 0.29) is 23.1 Å². The predicted octanol–water partition coefficient (Wildman–Crippen LogP) is 2.24. The van der Waals surface area contributed by atoms with Crippen molar-refractivity contribution in [3.63, 3.8) is 0 Å². The minimum Gasteiger partial charge on any atom is -0.478 e. The number of nitrogens with one attached hydrogen (secondary N) is 1. The number of halogens is 1. The lowest BCUT2D eigenvalue weighted by Gasteiger charge is -2.18. The maximum atomic E-state index is 12.4. The summed E-state index contributed by atoms with van der Waals surface area (Å²) in [6.07, 6.45) is 1.43. The van der Waals surface area contributed by atoms with E-state index in [1.165, 1.54) is 19.2 Å². The highest BCUT2D eigenvalue weighted by Crippen LogP contribution is 2.23. The van der Waals surface area contributed by atoms with E-state index in [0.29, 0.717) is 10.9 Å². The van der Waals surface area contributed by atoms with Gasteiger partial charge in [-0.3, -0.25) is 0 Å². The van der Waals surface area contributed by atoms with Crippen LogP contribution in [0.3, 0.4) is 0 Å². The number of carboxylic acid groups (broad SMARTS) is 1. The quantitative estimate of drug-likeness (QED) is 0.722. The summed E-state index contributed by atoms with van der Waals surface area (Å²) < 4.78 is 32.6. The second kappa shape index (κ2) is 7.88. The van der Waals surface area contributed by atoms with Gasteiger partial charge in [0.2, 0.25) is 10.0 Å². The molecular formula is C13H18BrNO5S. The molecule has 0 aliphatic rings. The van der Waals surface area contributed by atoms with Gasteiger partial charge in [0.25, 0.3) is 0 Å². The van der Waals surface area contributed by atoms with E-state index in [4.69, 9.17) is 9.84 Å². The molecule has 8 heteroatoms. The fourth-order valence-electron chi connectivity index (χ4n) is 1.85. The summed E-state index contributed by atoms with van der Waals surface area (Å²) in [6, 6.07) is 3.52. The van der Waals surface area contributed by atoms with Gasteiger partial charge in [0, 0.05) is 17.6 Å². The highest BCUT2D eigenvalue weighted by Gasteiger charge is 2.23. The highest BCUT2D eigenvalue weighted by molar-refractivity contribution is 9.10. The Balaban J connectivity index is 3.11. The molecule has 0 aliphatic carbocycles. The Morgan fingerprint density at radius 3 is 2.67 bits per heavy atom. The van der Waals surface area contributed by atoms with Crippen molar-refractivity contribution in [3.05, 3.63) is 28.2 Å². The predicted molar refractivity (Wildman–Crippen MR) is 82.0 cm³/mol. The van der Waals surface area contributed by atoms with Crippen LogP contribution < -0.4 is 4.72 Å². The summed E-state index contributed by atoms with van der Waals surface area (Å²) in [4.78, 5) is 10.9. The van der Waals surface area contributed by atoms with Crippen molar-refractivity contribution >= 4 is 31.9 Å². The Bertz CT molecular complexity index is 597. The molecule has 0 fully saturated rings. The Morgan fingerprint density at radius 2 is 2.14 bits per heavy atom. The first-order valence-corrected chi connectivity index (χ1v) is 8.63. The van der Waals surface area contributed by atoms with Crippen molar-refractivity contribution in [2.75, 3.05) is 13.7 Å². The minimum atomic E-state index is -3.83. The van der Waals surface area contributed by atoms with Crippen molar-refractivity contribution in [2.45, 2.75) is 30.7 Å². The molecule has 0 saturated carbocycles. The van der Waals surface area contributed by atoms with Gasteiger partial charge in [0.1, 0.15) is 0 Å². The summed E-state index contributed by atoms with van der Waals surface area (Å²) in [6.45, 7) is 2.20. The van der Waals surface area contributed by atoms with E-state index in [9.17, 15) is 13.2 Å². The van der Waals surface area contributed by atoms with E-state index in [1.54, 1.807) is 0 Å². The molecule has 0 spiro atoms. The lowest BCUT2D eigenvalue weighted by atomic mass is 10.2. The van der Waals surface area contributed by atoms with Gasteiger partial charge in [-0.05, 0) is 40.5 Å². The van der Waals surface area contributed by atoms with Crippen LogP contribution in [0, 0.1) is 0 Å². The van der Waals surface area contributed by atoms with Crippen LogP contribution in [0.2, 0.25) is 0 Å². The summed E-state index contributed by atoms with van der Waals surface area (Å²) in [5.41, 5.74) is -0.0858. The zero-order valence-electron chi connectivity index (χ0n) is 11.8. The van der Waals surface area contributed by atoms with Gasteiger partial charge in [-0.1, -0.05) is 13.3 Å². The SMILES string of the molecule is CCCC(COC)NS(=O)(=O)c1cc(C(=O)O)ccc1Br. The van der Waals surface area contributed by atoms with Gasteiger partial charge < -0.3 is 9.84 Å². The van der Waals surface area contributed by atoms with Crippen LogP contribution >= 0.6 is 15.9 Å². The van der Waals surface area contributed by atoms with Gasteiger partial charge in [-0.2, -0.15) is 0 Å². The number of carboxylic acids is 1. The molecule has 0 bridgehead atoms. The van der Waals surface area contributed by atoms with Crippen LogP contribution in [0.5, 0.6) is 0 Å². The number of ether oxygens (including phenoxy) is 1. The molecule has 1 aromatic carbocycles. The molecule has 0 aliphatic heterocycles. The van der Waals surface area contributed by atoms with Crippen molar-refractivity contribution in [3.8, 4) is 0 Å². The van der Waals surface area contributed by atoms with E-state index < -0.39 is 16.0 Å². The van der Waals surface area contributed by atoms with Crippen LogP contribution in [0.1, 0.15) is 30.1 Å². The number of benzene rings is 1. The molecule has 0 amide bonds. The fraction of sp³-hybridized carbons (Fsp3) is 0.462. The van der Waals surface area contributed by atoms with E-state index >= 15 is 0 Å². The van der Waals surface area contributed by atoms with Gasteiger partial charge in [-0.25, -0.2) is 17.9 Å². The van der Waals surface area contributed by atoms with Crippen LogP contribution in [0.4, 0.5) is 0 Å². The van der Waals surface area contributed by atoms with Crippen molar-refractivity contribution in [2.24, 2.45) is 0 Å². The zero-order valence-corrected chi connectivity index (χ0v) is 14.2. The number of carbonyl (C=O) groups is 1. The van der Waals surface area contributed by atoms with Crippen molar-refractivity contribution in [1.29, 1.82) is 0 Å². The molecule has 0 radical (unpaired) electrons. The smallest absolute Gasteiger partial charge is 0.335 e. The topological polar surface area (TPSA) is 92.7 Å². The molecule has 0 aromatic heterocycles. The molecule has 118 valence electrons. The van der Waals surface area contributed by atoms with Crippen LogP contribution in [-0.4, -0.2) is 39.3 Å². The average molecular weight is 380 g/mol. The number of hydrogen-bond donors (Lipinski definition) is 2. The first-order chi connectivity index (χ1) is 9.81. The maximum Gasteiger partial charge on any atom is 0.335 e.